The molecule has 0 aliphatic carbocycles. The van der Waals surface area contributed by atoms with Crippen molar-refractivity contribution in [3.63, 3.8) is 0 Å². The lowest BCUT2D eigenvalue weighted by Gasteiger charge is -2.26. The lowest BCUT2D eigenvalue weighted by molar-refractivity contribution is 1.28. The molecule has 0 atom stereocenters. The predicted octanol–water partition coefficient (Wildman–Crippen LogP) is 13.6. The summed E-state index contributed by atoms with van der Waals surface area (Å²) >= 11 is 0. The van der Waals surface area contributed by atoms with Crippen LogP contribution in [0.4, 0.5) is 17.1 Å². The first-order chi connectivity index (χ1) is 24.3. The molecule has 0 amide bonds. The number of fused-ring (bicyclic) bond motifs is 3. The van der Waals surface area contributed by atoms with E-state index in [9.17, 15) is 0 Å². The SMILES string of the molecule is c1ccc2c(-c3ccc(N(c4ccc(-c5cccc6ccccc56)cc4)c4ccc(-c5cccc6ccccc56)cc4)cc3)cccc2c1. The Hall–Kier alpha value is -6.44. The molecular formula is C48H33N. The smallest absolute Gasteiger partial charge is 0.0462 e. The van der Waals surface area contributed by atoms with E-state index in [0.29, 0.717) is 0 Å². The maximum absolute atomic E-state index is 2.35. The number of hydrogen-bond donors (Lipinski definition) is 0. The molecule has 0 N–H and O–H groups in total. The van der Waals surface area contributed by atoms with E-state index in [1.807, 2.05) is 0 Å². The van der Waals surface area contributed by atoms with Crippen molar-refractivity contribution >= 4 is 49.4 Å². The molecule has 49 heavy (non-hydrogen) atoms. The molecule has 0 heterocycles. The van der Waals surface area contributed by atoms with Crippen molar-refractivity contribution in [1.82, 2.24) is 0 Å². The lowest BCUT2D eigenvalue weighted by atomic mass is 9.97. The van der Waals surface area contributed by atoms with Gasteiger partial charge in [0.1, 0.15) is 0 Å². The zero-order valence-electron chi connectivity index (χ0n) is 27.0. The first-order valence-corrected chi connectivity index (χ1v) is 16.8. The minimum atomic E-state index is 1.11. The van der Waals surface area contributed by atoms with Crippen molar-refractivity contribution < 1.29 is 0 Å². The van der Waals surface area contributed by atoms with Crippen molar-refractivity contribution in [3.8, 4) is 33.4 Å². The first kappa shape index (κ1) is 28.8. The normalized spacial score (nSPS) is 11.3. The zero-order chi connectivity index (χ0) is 32.6. The average molecular weight is 624 g/mol. The van der Waals surface area contributed by atoms with Gasteiger partial charge in [-0.3, -0.25) is 0 Å². The van der Waals surface area contributed by atoms with E-state index in [2.05, 4.69) is 205 Å². The Kier molecular flexibility index (Phi) is 7.22. The van der Waals surface area contributed by atoms with Crippen LogP contribution in [0.25, 0.3) is 65.7 Å². The zero-order valence-corrected chi connectivity index (χ0v) is 27.0. The second-order valence-electron chi connectivity index (χ2n) is 12.6. The molecule has 0 spiro atoms. The summed E-state index contributed by atoms with van der Waals surface area (Å²) < 4.78 is 0. The summed E-state index contributed by atoms with van der Waals surface area (Å²) in [4.78, 5) is 2.35. The van der Waals surface area contributed by atoms with Gasteiger partial charge in [-0.05, 0) is 102 Å². The summed E-state index contributed by atoms with van der Waals surface area (Å²) in [5.41, 5.74) is 10.7. The summed E-state index contributed by atoms with van der Waals surface area (Å²) in [5.74, 6) is 0. The van der Waals surface area contributed by atoms with Gasteiger partial charge in [0.25, 0.3) is 0 Å². The molecular weight excluding hydrogens is 591 g/mol. The van der Waals surface area contributed by atoms with Crippen LogP contribution in [0.3, 0.4) is 0 Å². The van der Waals surface area contributed by atoms with E-state index in [1.54, 1.807) is 0 Å². The summed E-state index contributed by atoms with van der Waals surface area (Å²) in [7, 11) is 0. The third-order valence-corrected chi connectivity index (χ3v) is 9.68. The highest BCUT2D eigenvalue weighted by Gasteiger charge is 2.15. The minimum Gasteiger partial charge on any atom is -0.311 e. The molecule has 0 unspecified atom stereocenters. The van der Waals surface area contributed by atoms with Crippen molar-refractivity contribution in [2.24, 2.45) is 0 Å². The van der Waals surface area contributed by atoms with Gasteiger partial charge in [0, 0.05) is 17.1 Å². The van der Waals surface area contributed by atoms with Crippen LogP contribution in [-0.4, -0.2) is 0 Å². The summed E-state index contributed by atoms with van der Waals surface area (Å²) in [6.45, 7) is 0. The second kappa shape index (κ2) is 12.3. The fraction of sp³-hybridized carbons (Fsp3) is 0. The molecule has 0 aromatic heterocycles. The third-order valence-electron chi connectivity index (χ3n) is 9.68. The second-order valence-corrected chi connectivity index (χ2v) is 12.6. The molecule has 0 aliphatic rings. The number of anilines is 3. The maximum atomic E-state index is 2.35. The molecule has 0 radical (unpaired) electrons. The molecule has 9 rings (SSSR count). The van der Waals surface area contributed by atoms with E-state index < -0.39 is 0 Å². The molecule has 0 saturated heterocycles. The fourth-order valence-corrected chi connectivity index (χ4v) is 7.25. The highest BCUT2D eigenvalue weighted by molar-refractivity contribution is 5.99. The maximum Gasteiger partial charge on any atom is 0.0462 e. The van der Waals surface area contributed by atoms with E-state index in [0.717, 1.165) is 17.1 Å². The van der Waals surface area contributed by atoms with Gasteiger partial charge in [-0.25, -0.2) is 0 Å². The third kappa shape index (κ3) is 5.32. The fourth-order valence-electron chi connectivity index (χ4n) is 7.25. The molecule has 1 heteroatoms. The van der Waals surface area contributed by atoms with Crippen LogP contribution in [-0.2, 0) is 0 Å². The Morgan fingerprint density at radius 2 is 0.490 bits per heavy atom. The topological polar surface area (TPSA) is 3.24 Å². The van der Waals surface area contributed by atoms with Gasteiger partial charge in [0.15, 0.2) is 0 Å². The van der Waals surface area contributed by atoms with Crippen molar-refractivity contribution in [2.75, 3.05) is 4.90 Å². The van der Waals surface area contributed by atoms with E-state index in [-0.39, 0.29) is 0 Å². The summed E-state index contributed by atoms with van der Waals surface area (Å²) in [6.07, 6.45) is 0. The molecule has 0 bridgehead atoms. The van der Waals surface area contributed by atoms with Crippen molar-refractivity contribution in [1.29, 1.82) is 0 Å². The summed E-state index contributed by atoms with van der Waals surface area (Å²) in [6, 6.07) is 72.4. The van der Waals surface area contributed by atoms with Crippen LogP contribution in [0.2, 0.25) is 0 Å². The molecule has 9 aromatic rings. The monoisotopic (exact) mass is 623 g/mol. The molecule has 1 nitrogen and oxygen atoms in total. The molecule has 230 valence electrons. The van der Waals surface area contributed by atoms with Crippen LogP contribution in [0.1, 0.15) is 0 Å². The van der Waals surface area contributed by atoms with Gasteiger partial charge in [0.2, 0.25) is 0 Å². The Balaban J connectivity index is 1.13. The van der Waals surface area contributed by atoms with E-state index in [4.69, 9.17) is 0 Å². The van der Waals surface area contributed by atoms with E-state index >= 15 is 0 Å². The molecule has 9 aromatic carbocycles. The Morgan fingerprint density at radius 3 is 0.796 bits per heavy atom. The van der Waals surface area contributed by atoms with Crippen LogP contribution in [0, 0.1) is 0 Å². The van der Waals surface area contributed by atoms with Gasteiger partial charge in [-0.1, -0.05) is 164 Å². The standard InChI is InChI=1S/C48H33N/c1-4-16-43-34(10-1)13-7-19-46(43)37-22-28-40(29-23-37)49(41-30-24-38(25-31-41)47-20-8-14-35-11-2-5-17-44(35)47)42-32-26-39(27-33-42)48-21-9-15-36-12-3-6-18-45(36)48/h1-33H. The van der Waals surface area contributed by atoms with Gasteiger partial charge >= 0.3 is 0 Å². The van der Waals surface area contributed by atoms with Crippen LogP contribution >= 0.6 is 0 Å². The van der Waals surface area contributed by atoms with Gasteiger partial charge in [-0.15, -0.1) is 0 Å². The molecule has 0 aliphatic heterocycles. The Labute approximate surface area is 287 Å². The molecule has 0 saturated carbocycles. The van der Waals surface area contributed by atoms with Gasteiger partial charge < -0.3 is 4.90 Å². The van der Waals surface area contributed by atoms with Crippen LogP contribution in [0.5, 0.6) is 0 Å². The van der Waals surface area contributed by atoms with Crippen molar-refractivity contribution in [3.05, 3.63) is 200 Å². The lowest BCUT2D eigenvalue weighted by Crippen LogP contribution is -2.09. The van der Waals surface area contributed by atoms with Gasteiger partial charge in [-0.2, -0.15) is 0 Å². The minimum absolute atomic E-state index is 1.11. The van der Waals surface area contributed by atoms with Gasteiger partial charge in [0.05, 0.1) is 0 Å². The van der Waals surface area contributed by atoms with Crippen LogP contribution < -0.4 is 4.90 Å². The predicted molar refractivity (Wildman–Crippen MR) is 210 cm³/mol. The highest BCUT2D eigenvalue weighted by atomic mass is 15.1. The number of hydrogen-bond acceptors (Lipinski definition) is 1. The molecule has 0 fully saturated rings. The number of benzene rings is 9. The average Bonchev–Trinajstić information content (AvgIpc) is 3.18. The Bertz CT molecular complexity index is 2270. The highest BCUT2D eigenvalue weighted by Crippen LogP contribution is 2.39. The first-order valence-electron chi connectivity index (χ1n) is 16.8. The number of nitrogens with zero attached hydrogens (tertiary/aromatic N) is 1. The number of rotatable bonds is 6. The van der Waals surface area contributed by atoms with Crippen LogP contribution in [0.15, 0.2) is 200 Å². The largest absolute Gasteiger partial charge is 0.311 e. The quantitative estimate of drug-likeness (QED) is 0.178. The van der Waals surface area contributed by atoms with E-state index in [1.165, 1.54) is 65.7 Å². The summed E-state index contributed by atoms with van der Waals surface area (Å²) in [5, 5.41) is 7.56. The van der Waals surface area contributed by atoms with Crippen molar-refractivity contribution in [2.45, 2.75) is 0 Å². The Morgan fingerprint density at radius 1 is 0.224 bits per heavy atom.